The molecule has 0 spiro atoms. The van der Waals surface area contributed by atoms with Crippen molar-refractivity contribution in [1.82, 2.24) is 20.3 Å². The fourth-order valence-corrected chi connectivity index (χ4v) is 3.46. The van der Waals surface area contributed by atoms with Crippen LogP contribution >= 0.6 is 0 Å². The van der Waals surface area contributed by atoms with Crippen LogP contribution in [0.3, 0.4) is 0 Å². The van der Waals surface area contributed by atoms with Crippen molar-refractivity contribution in [2.75, 3.05) is 0 Å². The number of halogens is 1. The Bertz CT molecular complexity index is 1270. The first-order chi connectivity index (χ1) is 15.9. The minimum Gasteiger partial charge on any atom is -0.478 e. The molecule has 0 fully saturated rings. The van der Waals surface area contributed by atoms with Crippen LogP contribution in [0, 0.1) is 5.82 Å². The zero-order chi connectivity index (χ0) is 23.4. The largest absolute Gasteiger partial charge is 0.478 e. The van der Waals surface area contributed by atoms with Crippen molar-refractivity contribution in [1.29, 1.82) is 0 Å². The van der Waals surface area contributed by atoms with E-state index in [0.717, 1.165) is 16.7 Å². The molecule has 3 aromatic carbocycles. The van der Waals surface area contributed by atoms with Crippen LogP contribution in [0.1, 0.15) is 44.9 Å². The van der Waals surface area contributed by atoms with Gasteiger partial charge in [-0.25, -0.2) is 13.9 Å². The summed E-state index contributed by atoms with van der Waals surface area (Å²) in [6, 6.07) is 21.2. The molecule has 4 aromatic rings. The second-order valence-corrected chi connectivity index (χ2v) is 7.56. The summed E-state index contributed by atoms with van der Waals surface area (Å²) in [5.74, 6) is -1.74. The van der Waals surface area contributed by atoms with Crippen LogP contribution in [0.5, 0.6) is 0 Å². The van der Waals surface area contributed by atoms with Gasteiger partial charge in [0, 0.05) is 5.56 Å². The number of nitrogens with zero attached hydrogens (tertiary/aromatic N) is 3. The van der Waals surface area contributed by atoms with Gasteiger partial charge in [-0.1, -0.05) is 59.8 Å². The first-order valence-electron chi connectivity index (χ1n) is 10.3. The minimum absolute atomic E-state index is 0.171. The Hall–Kier alpha value is -4.33. The molecule has 0 unspecified atom stereocenters. The number of carboxylic acid groups (broad SMARTS) is 1. The van der Waals surface area contributed by atoms with Gasteiger partial charge in [-0.05, 0) is 42.3 Å². The predicted octanol–water partition coefficient (Wildman–Crippen LogP) is 4.32. The highest BCUT2D eigenvalue weighted by Crippen LogP contribution is 2.23. The maximum Gasteiger partial charge on any atom is 0.335 e. The predicted molar refractivity (Wildman–Crippen MR) is 120 cm³/mol. The molecule has 0 saturated carbocycles. The van der Waals surface area contributed by atoms with Crippen molar-refractivity contribution in [3.05, 3.63) is 107 Å². The van der Waals surface area contributed by atoms with Crippen LogP contribution in [-0.2, 0) is 6.54 Å². The number of carboxylic acids is 1. The summed E-state index contributed by atoms with van der Waals surface area (Å²) in [5.41, 5.74) is 3.15. The molecule has 1 aromatic heterocycles. The normalized spacial score (nSPS) is 11.7. The van der Waals surface area contributed by atoms with Crippen LogP contribution in [0.2, 0.25) is 0 Å². The standard InChI is InChI=1S/C25H21FN4O3/c1-16(18-9-11-20(12-10-18)25(32)33)27-24(31)23-22(19-5-3-2-4-6-19)28-29-30(23)15-17-7-13-21(26)14-8-17/h2-14,16H,15H2,1H3,(H,27,31)(H,32,33)/t16-/m0/s1. The fourth-order valence-electron chi connectivity index (χ4n) is 3.46. The maximum absolute atomic E-state index is 13.4. The summed E-state index contributed by atoms with van der Waals surface area (Å²) < 4.78 is 14.8. The van der Waals surface area contributed by atoms with Gasteiger partial charge in [-0.2, -0.15) is 0 Å². The first-order valence-corrected chi connectivity index (χ1v) is 10.3. The van der Waals surface area contributed by atoms with E-state index >= 15 is 0 Å². The lowest BCUT2D eigenvalue weighted by Gasteiger charge is -2.16. The van der Waals surface area contributed by atoms with Gasteiger partial charge < -0.3 is 10.4 Å². The van der Waals surface area contributed by atoms with E-state index in [1.165, 1.54) is 28.9 Å². The molecule has 0 saturated heterocycles. The Morgan fingerprint density at radius 2 is 1.67 bits per heavy atom. The second kappa shape index (κ2) is 9.44. The minimum atomic E-state index is -1.01. The lowest BCUT2D eigenvalue weighted by atomic mass is 10.1. The molecule has 166 valence electrons. The molecular formula is C25H21FN4O3. The number of rotatable bonds is 7. The topological polar surface area (TPSA) is 97.1 Å². The van der Waals surface area contributed by atoms with E-state index in [4.69, 9.17) is 5.11 Å². The van der Waals surface area contributed by atoms with E-state index in [0.29, 0.717) is 5.69 Å². The number of nitrogens with one attached hydrogen (secondary N) is 1. The van der Waals surface area contributed by atoms with E-state index in [9.17, 15) is 14.0 Å². The lowest BCUT2D eigenvalue weighted by Crippen LogP contribution is -2.29. The number of amides is 1. The number of aromatic carboxylic acids is 1. The fraction of sp³-hybridized carbons (Fsp3) is 0.120. The molecule has 2 N–H and O–H groups in total. The van der Waals surface area contributed by atoms with Gasteiger partial charge in [0.05, 0.1) is 18.2 Å². The molecule has 0 radical (unpaired) electrons. The van der Waals surface area contributed by atoms with Crippen molar-refractivity contribution < 1.29 is 19.1 Å². The molecule has 0 aliphatic rings. The summed E-state index contributed by atoms with van der Waals surface area (Å²) in [7, 11) is 0. The van der Waals surface area contributed by atoms with Crippen LogP contribution in [0.15, 0.2) is 78.9 Å². The van der Waals surface area contributed by atoms with Crippen LogP contribution in [0.25, 0.3) is 11.3 Å². The molecular weight excluding hydrogens is 423 g/mol. The van der Waals surface area contributed by atoms with Crippen molar-refractivity contribution >= 4 is 11.9 Å². The third kappa shape index (κ3) is 4.95. The van der Waals surface area contributed by atoms with Crippen LogP contribution < -0.4 is 5.32 Å². The number of aromatic nitrogens is 3. The van der Waals surface area contributed by atoms with E-state index in [1.54, 1.807) is 24.3 Å². The number of hydrogen-bond donors (Lipinski definition) is 2. The van der Waals surface area contributed by atoms with Gasteiger partial charge in [0.25, 0.3) is 5.91 Å². The smallest absolute Gasteiger partial charge is 0.335 e. The monoisotopic (exact) mass is 444 g/mol. The van der Waals surface area contributed by atoms with Crippen molar-refractivity contribution in [3.63, 3.8) is 0 Å². The average Bonchev–Trinajstić information content (AvgIpc) is 3.24. The Labute approximate surface area is 189 Å². The third-order valence-corrected chi connectivity index (χ3v) is 5.25. The zero-order valence-electron chi connectivity index (χ0n) is 17.8. The average molecular weight is 444 g/mol. The van der Waals surface area contributed by atoms with Gasteiger partial charge in [0.1, 0.15) is 11.5 Å². The molecule has 4 rings (SSSR count). The maximum atomic E-state index is 13.4. The van der Waals surface area contributed by atoms with Crippen molar-refractivity contribution in [2.45, 2.75) is 19.5 Å². The highest BCUT2D eigenvalue weighted by Gasteiger charge is 2.23. The second-order valence-electron chi connectivity index (χ2n) is 7.56. The summed E-state index contributed by atoms with van der Waals surface area (Å²) in [6.45, 7) is 2.05. The molecule has 33 heavy (non-hydrogen) atoms. The Morgan fingerprint density at radius 1 is 1.00 bits per heavy atom. The van der Waals surface area contributed by atoms with Gasteiger partial charge in [0.15, 0.2) is 5.69 Å². The number of carbonyl (C=O) groups is 2. The van der Waals surface area contributed by atoms with Gasteiger partial charge in [-0.15, -0.1) is 5.10 Å². The molecule has 1 amide bonds. The van der Waals surface area contributed by atoms with E-state index < -0.39 is 12.0 Å². The number of benzene rings is 3. The summed E-state index contributed by atoms with van der Waals surface area (Å²) in [6.07, 6.45) is 0. The van der Waals surface area contributed by atoms with Gasteiger partial charge >= 0.3 is 5.97 Å². The Morgan fingerprint density at radius 3 is 2.30 bits per heavy atom. The highest BCUT2D eigenvalue weighted by atomic mass is 19.1. The summed E-state index contributed by atoms with van der Waals surface area (Å²) >= 11 is 0. The van der Waals surface area contributed by atoms with E-state index in [2.05, 4.69) is 15.6 Å². The summed E-state index contributed by atoms with van der Waals surface area (Å²) in [4.78, 5) is 24.4. The highest BCUT2D eigenvalue weighted by molar-refractivity contribution is 5.98. The molecule has 1 atom stereocenters. The van der Waals surface area contributed by atoms with Gasteiger partial charge in [-0.3, -0.25) is 4.79 Å². The third-order valence-electron chi connectivity index (χ3n) is 5.25. The van der Waals surface area contributed by atoms with E-state index in [1.807, 2.05) is 37.3 Å². The van der Waals surface area contributed by atoms with E-state index in [-0.39, 0.29) is 29.5 Å². The van der Waals surface area contributed by atoms with Crippen LogP contribution in [0.4, 0.5) is 4.39 Å². The molecule has 7 nitrogen and oxygen atoms in total. The number of hydrogen-bond acceptors (Lipinski definition) is 4. The van der Waals surface area contributed by atoms with Crippen molar-refractivity contribution in [3.8, 4) is 11.3 Å². The molecule has 0 aliphatic carbocycles. The molecule has 1 heterocycles. The summed E-state index contributed by atoms with van der Waals surface area (Å²) in [5, 5.41) is 20.5. The van der Waals surface area contributed by atoms with Crippen molar-refractivity contribution in [2.24, 2.45) is 0 Å². The molecule has 8 heteroatoms. The Kier molecular flexibility index (Phi) is 6.26. The quantitative estimate of drug-likeness (QED) is 0.442. The first kappa shape index (κ1) is 21.9. The molecule has 0 bridgehead atoms. The SMILES string of the molecule is C[C@H](NC(=O)c1c(-c2ccccc2)nnn1Cc1ccc(F)cc1)c1ccc(C(=O)O)cc1. The Balaban J connectivity index is 1.64. The molecule has 0 aliphatic heterocycles. The van der Waals surface area contributed by atoms with Crippen LogP contribution in [-0.4, -0.2) is 32.0 Å². The lowest BCUT2D eigenvalue weighted by molar-refractivity contribution is 0.0696. The number of carbonyl (C=O) groups excluding carboxylic acids is 1. The van der Waals surface area contributed by atoms with Gasteiger partial charge in [0.2, 0.25) is 0 Å². The zero-order valence-corrected chi connectivity index (χ0v) is 17.8.